The predicted octanol–water partition coefficient (Wildman–Crippen LogP) is 3.57. The molecule has 0 N–H and O–H groups in total. The summed E-state index contributed by atoms with van der Waals surface area (Å²) in [4.78, 5) is 2.36. The minimum Gasteiger partial charge on any atom is -0.292 e. The highest BCUT2D eigenvalue weighted by Gasteiger charge is 2.32. The van der Waals surface area contributed by atoms with Gasteiger partial charge in [0.15, 0.2) is 0 Å². The maximum absolute atomic E-state index is 6.07. The molecule has 0 aliphatic carbocycles. The van der Waals surface area contributed by atoms with Crippen molar-refractivity contribution >= 4 is 39.1 Å². The second kappa shape index (κ2) is 4.40. The highest BCUT2D eigenvalue weighted by Crippen LogP contribution is 2.27. The van der Waals surface area contributed by atoms with E-state index in [1.54, 1.807) is 6.07 Å². The van der Waals surface area contributed by atoms with Crippen LogP contribution in [-0.4, -0.2) is 22.8 Å². The average molecular weight is 295 g/mol. The van der Waals surface area contributed by atoms with E-state index in [4.69, 9.17) is 23.2 Å². The molecule has 0 radical (unpaired) electrons. The van der Waals surface area contributed by atoms with Gasteiger partial charge in [-0.1, -0.05) is 45.2 Å². The van der Waals surface area contributed by atoms with Gasteiger partial charge in [0, 0.05) is 34.5 Å². The fourth-order valence-electron chi connectivity index (χ4n) is 1.43. The third kappa shape index (κ3) is 2.43. The molecular formula is C10H10BrCl2N. The van der Waals surface area contributed by atoms with E-state index in [1.165, 1.54) is 0 Å². The number of alkyl halides is 1. The van der Waals surface area contributed by atoms with Crippen molar-refractivity contribution in [1.82, 2.24) is 4.90 Å². The van der Waals surface area contributed by atoms with Gasteiger partial charge in [-0.15, -0.1) is 0 Å². The molecule has 0 aromatic heterocycles. The van der Waals surface area contributed by atoms with E-state index in [9.17, 15) is 0 Å². The van der Waals surface area contributed by atoms with E-state index >= 15 is 0 Å². The second-order valence-electron chi connectivity index (χ2n) is 3.47. The molecule has 2 atom stereocenters. The van der Waals surface area contributed by atoms with Crippen molar-refractivity contribution < 1.29 is 0 Å². The third-order valence-corrected chi connectivity index (χ3v) is 3.73. The van der Waals surface area contributed by atoms with Gasteiger partial charge >= 0.3 is 0 Å². The number of nitrogens with zero attached hydrogens (tertiary/aromatic N) is 1. The van der Waals surface area contributed by atoms with Gasteiger partial charge in [0.2, 0.25) is 0 Å². The van der Waals surface area contributed by atoms with Crippen LogP contribution >= 0.6 is 39.1 Å². The lowest BCUT2D eigenvalue weighted by Crippen LogP contribution is -2.03. The van der Waals surface area contributed by atoms with Gasteiger partial charge in [-0.3, -0.25) is 4.90 Å². The molecule has 1 aromatic carbocycles. The number of rotatable bonds is 3. The molecule has 1 unspecified atom stereocenters. The summed E-state index contributed by atoms with van der Waals surface area (Å²) in [6.45, 7) is 2.08. The number of hydrogen-bond acceptors (Lipinski definition) is 1. The van der Waals surface area contributed by atoms with Crippen LogP contribution in [0.4, 0.5) is 0 Å². The van der Waals surface area contributed by atoms with Gasteiger partial charge < -0.3 is 0 Å². The molecule has 0 spiro atoms. The zero-order valence-electron chi connectivity index (χ0n) is 7.51. The Balaban J connectivity index is 2.03. The maximum Gasteiger partial charge on any atom is 0.0465 e. The van der Waals surface area contributed by atoms with E-state index in [1.807, 2.05) is 12.1 Å². The highest BCUT2D eigenvalue weighted by atomic mass is 79.9. The predicted molar refractivity (Wildman–Crippen MR) is 64.5 cm³/mol. The average Bonchev–Trinajstić information content (AvgIpc) is 2.89. The first-order chi connectivity index (χ1) is 6.70. The van der Waals surface area contributed by atoms with Gasteiger partial charge in [0.05, 0.1) is 0 Å². The molecule has 4 heteroatoms. The Morgan fingerprint density at radius 2 is 2.21 bits per heavy atom. The minimum absolute atomic E-state index is 0.682. The molecule has 14 heavy (non-hydrogen) atoms. The van der Waals surface area contributed by atoms with Gasteiger partial charge in [-0.25, -0.2) is 0 Å². The Kier molecular flexibility index (Phi) is 3.38. The van der Waals surface area contributed by atoms with E-state index in [-0.39, 0.29) is 0 Å². The lowest BCUT2D eigenvalue weighted by Gasteiger charge is -2.05. The first-order valence-corrected chi connectivity index (χ1v) is 6.32. The third-order valence-electron chi connectivity index (χ3n) is 2.39. The molecule has 1 nitrogen and oxygen atoms in total. The molecule has 0 saturated carbocycles. The molecule has 2 rings (SSSR count). The Morgan fingerprint density at radius 1 is 1.43 bits per heavy atom. The zero-order chi connectivity index (χ0) is 10.1. The summed E-state index contributed by atoms with van der Waals surface area (Å²) in [5.41, 5.74) is 1.15. The molecule has 1 aliphatic heterocycles. The molecule has 1 saturated heterocycles. The first kappa shape index (κ1) is 10.7. The summed E-state index contributed by atoms with van der Waals surface area (Å²) < 4.78 is 0. The van der Waals surface area contributed by atoms with Crippen molar-refractivity contribution in [3.8, 4) is 0 Å². The Morgan fingerprint density at radius 3 is 2.79 bits per heavy atom. The van der Waals surface area contributed by atoms with Gasteiger partial charge in [-0.2, -0.15) is 0 Å². The smallest absolute Gasteiger partial charge is 0.0465 e. The first-order valence-electron chi connectivity index (χ1n) is 4.44. The lowest BCUT2D eigenvalue weighted by molar-refractivity contribution is 0.518. The quantitative estimate of drug-likeness (QED) is 0.608. The van der Waals surface area contributed by atoms with Crippen molar-refractivity contribution in [1.29, 1.82) is 0 Å². The molecule has 1 fully saturated rings. The van der Waals surface area contributed by atoms with Crippen LogP contribution in [-0.2, 0) is 6.54 Å². The SMILES string of the molecule is Clc1ccc(CN2C[C@@H]2CBr)c(Cl)c1. The highest BCUT2D eigenvalue weighted by molar-refractivity contribution is 9.09. The Labute approximate surface area is 102 Å². The number of benzene rings is 1. The monoisotopic (exact) mass is 293 g/mol. The summed E-state index contributed by atoms with van der Waals surface area (Å²) in [5, 5.41) is 2.50. The van der Waals surface area contributed by atoms with Crippen LogP contribution < -0.4 is 0 Å². The van der Waals surface area contributed by atoms with Crippen LogP contribution in [0.3, 0.4) is 0 Å². The fraction of sp³-hybridized carbons (Fsp3) is 0.400. The van der Waals surface area contributed by atoms with Crippen molar-refractivity contribution in [3.63, 3.8) is 0 Å². The Hall–Kier alpha value is 0.240. The molecule has 1 aromatic rings. The van der Waals surface area contributed by atoms with Crippen molar-refractivity contribution in [2.24, 2.45) is 0 Å². The standard InChI is InChI=1S/C10H10BrCl2N/c11-4-9-6-14(9)5-7-1-2-8(12)3-10(7)13/h1-3,9H,4-6H2/t9-,14?/m0/s1. The Bertz CT molecular complexity index is 343. The summed E-state index contributed by atoms with van der Waals surface area (Å²) in [7, 11) is 0. The second-order valence-corrected chi connectivity index (χ2v) is 4.96. The maximum atomic E-state index is 6.07. The van der Waals surface area contributed by atoms with E-state index in [0.29, 0.717) is 11.1 Å². The summed E-state index contributed by atoms with van der Waals surface area (Å²) in [6.07, 6.45) is 0. The van der Waals surface area contributed by atoms with Crippen LogP contribution in [0.15, 0.2) is 18.2 Å². The minimum atomic E-state index is 0.682. The molecule has 1 aliphatic rings. The van der Waals surface area contributed by atoms with Crippen LogP contribution in [0.1, 0.15) is 5.56 Å². The van der Waals surface area contributed by atoms with Crippen LogP contribution in [0.5, 0.6) is 0 Å². The molecule has 1 heterocycles. The zero-order valence-corrected chi connectivity index (χ0v) is 10.6. The summed E-state index contributed by atoms with van der Waals surface area (Å²) >= 11 is 15.4. The van der Waals surface area contributed by atoms with Crippen LogP contribution in [0.25, 0.3) is 0 Å². The van der Waals surface area contributed by atoms with Gasteiger partial charge in [0.25, 0.3) is 0 Å². The largest absolute Gasteiger partial charge is 0.292 e. The van der Waals surface area contributed by atoms with Crippen molar-refractivity contribution in [2.75, 3.05) is 11.9 Å². The van der Waals surface area contributed by atoms with Gasteiger partial charge in [0.1, 0.15) is 0 Å². The topological polar surface area (TPSA) is 3.01 Å². The van der Waals surface area contributed by atoms with E-state index < -0.39 is 0 Å². The summed E-state index contributed by atoms with van der Waals surface area (Å²) in [6, 6.07) is 6.36. The fourth-order valence-corrected chi connectivity index (χ4v) is 2.51. The van der Waals surface area contributed by atoms with Crippen LogP contribution in [0.2, 0.25) is 10.0 Å². The van der Waals surface area contributed by atoms with Crippen molar-refractivity contribution in [2.45, 2.75) is 12.6 Å². The van der Waals surface area contributed by atoms with Crippen molar-refractivity contribution in [3.05, 3.63) is 33.8 Å². The van der Waals surface area contributed by atoms with E-state index in [0.717, 1.165) is 29.0 Å². The lowest BCUT2D eigenvalue weighted by atomic mass is 10.2. The molecule has 0 amide bonds. The molecular weight excluding hydrogens is 285 g/mol. The number of hydrogen-bond donors (Lipinski definition) is 0. The molecule has 76 valence electrons. The van der Waals surface area contributed by atoms with E-state index in [2.05, 4.69) is 20.8 Å². The van der Waals surface area contributed by atoms with Gasteiger partial charge in [-0.05, 0) is 17.7 Å². The molecule has 0 bridgehead atoms. The number of halogens is 3. The van der Waals surface area contributed by atoms with Crippen LogP contribution in [0, 0.1) is 0 Å². The normalized spacial score (nSPS) is 25.1. The summed E-state index contributed by atoms with van der Waals surface area (Å²) in [5.74, 6) is 0.